The quantitative estimate of drug-likeness (QED) is 0.489. The van der Waals surface area contributed by atoms with E-state index in [0.717, 1.165) is 35.2 Å². The third-order valence-electron chi connectivity index (χ3n) is 6.16. The first-order valence-electron chi connectivity index (χ1n) is 11.5. The summed E-state index contributed by atoms with van der Waals surface area (Å²) in [5.41, 5.74) is 5.32. The Morgan fingerprint density at radius 1 is 1.06 bits per heavy atom. The molecule has 0 radical (unpaired) electrons. The van der Waals surface area contributed by atoms with Crippen molar-refractivity contribution in [2.45, 2.75) is 65.3 Å². The number of carbonyl (C=O) groups is 1. The van der Waals surface area contributed by atoms with Gasteiger partial charge in [-0.05, 0) is 42.7 Å². The fraction of sp³-hybridized carbons (Fsp3) is 0.423. The summed E-state index contributed by atoms with van der Waals surface area (Å²) in [6.45, 7) is 11.3. The number of hydrogen-bond donors (Lipinski definition) is 1. The van der Waals surface area contributed by atoms with Crippen molar-refractivity contribution in [2.75, 3.05) is 11.9 Å². The van der Waals surface area contributed by atoms with Crippen molar-refractivity contribution in [3.05, 3.63) is 65.0 Å². The maximum Gasteiger partial charge on any atom is 0.322 e. The number of aryl methyl sites for hydroxylation is 1. The molecule has 2 aromatic carbocycles. The topological polar surface area (TPSA) is 71.3 Å². The van der Waals surface area contributed by atoms with Gasteiger partial charge in [-0.15, -0.1) is 0 Å². The number of carbonyl (C=O) groups excluding carboxylic acids is 1. The zero-order valence-electron chi connectivity index (χ0n) is 19.6. The van der Waals surface area contributed by atoms with Crippen LogP contribution in [0.15, 0.2) is 47.0 Å². The summed E-state index contributed by atoms with van der Waals surface area (Å²) >= 11 is 0. The summed E-state index contributed by atoms with van der Waals surface area (Å²) in [6, 6.07) is 14.0. The molecule has 1 saturated heterocycles. The Bertz CT molecular complexity index is 1060. The molecular formula is C26H32N4O2. The van der Waals surface area contributed by atoms with Crippen LogP contribution in [0.4, 0.5) is 10.5 Å². The number of aromatic nitrogens is 2. The Morgan fingerprint density at radius 2 is 1.72 bits per heavy atom. The predicted molar refractivity (Wildman–Crippen MR) is 127 cm³/mol. The van der Waals surface area contributed by atoms with E-state index >= 15 is 0 Å². The molecule has 1 atom stereocenters. The molecule has 32 heavy (non-hydrogen) atoms. The van der Waals surface area contributed by atoms with Crippen LogP contribution in [-0.4, -0.2) is 27.6 Å². The molecule has 2 heterocycles. The third-order valence-corrected chi connectivity index (χ3v) is 6.16. The second kappa shape index (κ2) is 9.15. The van der Waals surface area contributed by atoms with Gasteiger partial charge in [0, 0.05) is 17.8 Å². The van der Waals surface area contributed by atoms with Gasteiger partial charge in [-0.1, -0.05) is 80.9 Å². The molecule has 0 saturated carbocycles. The Labute approximate surface area is 190 Å². The van der Waals surface area contributed by atoms with Gasteiger partial charge in [0.25, 0.3) is 0 Å². The van der Waals surface area contributed by atoms with Gasteiger partial charge in [0.05, 0.1) is 0 Å². The van der Waals surface area contributed by atoms with Crippen LogP contribution >= 0.6 is 0 Å². The lowest BCUT2D eigenvalue weighted by atomic mass is 9.93. The summed E-state index contributed by atoms with van der Waals surface area (Å²) in [7, 11) is 0. The third kappa shape index (κ3) is 4.40. The fourth-order valence-electron chi connectivity index (χ4n) is 4.33. The Kier molecular flexibility index (Phi) is 6.31. The second-order valence-electron chi connectivity index (χ2n) is 9.22. The molecule has 1 unspecified atom stereocenters. The molecule has 168 valence electrons. The van der Waals surface area contributed by atoms with E-state index in [2.05, 4.69) is 61.4 Å². The minimum Gasteiger partial charge on any atom is -0.337 e. The van der Waals surface area contributed by atoms with Crippen LogP contribution in [0.1, 0.15) is 81.0 Å². The van der Waals surface area contributed by atoms with Gasteiger partial charge >= 0.3 is 6.03 Å². The highest BCUT2D eigenvalue weighted by atomic mass is 16.5. The van der Waals surface area contributed by atoms with Crippen molar-refractivity contribution in [2.24, 2.45) is 0 Å². The van der Waals surface area contributed by atoms with E-state index in [0.29, 0.717) is 30.1 Å². The molecule has 1 aromatic heterocycles. The lowest BCUT2D eigenvalue weighted by molar-refractivity contribution is 0.193. The number of amides is 2. The maximum atomic E-state index is 13.4. The van der Waals surface area contributed by atoms with Crippen molar-refractivity contribution in [1.29, 1.82) is 0 Å². The number of nitrogens with one attached hydrogen (secondary N) is 1. The van der Waals surface area contributed by atoms with E-state index in [-0.39, 0.29) is 12.1 Å². The van der Waals surface area contributed by atoms with Crippen molar-refractivity contribution < 1.29 is 9.32 Å². The van der Waals surface area contributed by atoms with E-state index in [1.807, 2.05) is 36.1 Å². The molecule has 0 aliphatic carbocycles. The highest BCUT2D eigenvalue weighted by molar-refractivity contribution is 5.92. The van der Waals surface area contributed by atoms with Crippen LogP contribution in [0.2, 0.25) is 0 Å². The van der Waals surface area contributed by atoms with Gasteiger partial charge in [0.2, 0.25) is 11.7 Å². The number of likely N-dealkylation sites (tertiary alicyclic amines) is 1. The smallest absolute Gasteiger partial charge is 0.322 e. The van der Waals surface area contributed by atoms with E-state index < -0.39 is 0 Å². The molecule has 6 nitrogen and oxygen atoms in total. The zero-order chi connectivity index (χ0) is 22.8. The molecule has 3 aromatic rings. The van der Waals surface area contributed by atoms with E-state index in [4.69, 9.17) is 4.52 Å². The lowest BCUT2D eigenvalue weighted by Crippen LogP contribution is -2.35. The van der Waals surface area contributed by atoms with Crippen molar-refractivity contribution in [3.8, 4) is 11.4 Å². The zero-order valence-corrected chi connectivity index (χ0v) is 19.6. The molecule has 0 spiro atoms. The van der Waals surface area contributed by atoms with Crippen molar-refractivity contribution in [1.82, 2.24) is 15.0 Å². The van der Waals surface area contributed by atoms with E-state index in [9.17, 15) is 4.79 Å². The summed E-state index contributed by atoms with van der Waals surface area (Å²) < 4.78 is 5.60. The fourth-order valence-corrected chi connectivity index (χ4v) is 4.33. The lowest BCUT2D eigenvalue weighted by Gasteiger charge is -2.25. The minimum atomic E-state index is -0.213. The molecular weight excluding hydrogens is 400 g/mol. The van der Waals surface area contributed by atoms with Crippen LogP contribution in [-0.2, 0) is 0 Å². The van der Waals surface area contributed by atoms with Crippen LogP contribution < -0.4 is 5.32 Å². The van der Waals surface area contributed by atoms with Crippen LogP contribution in [0.25, 0.3) is 11.4 Å². The van der Waals surface area contributed by atoms with Crippen LogP contribution in [0.3, 0.4) is 0 Å². The Hall–Kier alpha value is -3.15. The molecule has 2 amide bonds. The number of nitrogens with zero attached hydrogens (tertiary/aromatic N) is 3. The first-order chi connectivity index (χ1) is 15.3. The molecule has 1 aliphatic rings. The molecule has 4 rings (SSSR count). The Balaban J connectivity index is 1.57. The molecule has 6 heteroatoms. The van der Waals surface area contributed by atoms with Gasteiger partial charge < -0.3 is 14.7 Å². The number of rotatable bonds is 5. The SMILES string of the molecule is Cc1ccc(-c2noc(C3CCCN3C(=O)Nc3c(C(C)C)cccc3C(C)C)n2)cc1. The molecule has 0 bridgehead atoms. The first kappa shape index (κ1) is 22.1. The first-order valence-corrected chi connectivity index (χ1v) is 11.5. The highest BCUT2D eigenvalue weighted by Gasteiger charge is 2.35. The number of urea groups is 1. The maximum absolute atomic E-state index is 13.4. The standard InChI is InChI=1S/C26H32N4O2/c1-16(2)20-8-6-9-21(17(3)4)23(20)27-26(31)30-15-7-10-22(30)25-28-24(29-32-25)19-13-11-18(5)12-14-19/h6,8-9,11-14,16-17,22H,7,10,15H2,1-5H3,(H,27,31). The van der Waals surface area contributed by atoms with Crippen molar-refractivity contribution >= 4 is 11.7 Å². The minimum absolute atomic E-state index is 0.113. The summed E-state index contributed by atoms with van der Waals surface area (Å²) in [4.78, 5) is 19.8. The van der Waals surface area contributed by atoms with Gasteiger partial charge in [-0.2, -0.15) is 4.98 Å². The Morgan fingerprint density at radius 3 is 2.34 bits per heavy atom. The van der Waals surface area contributed by atoms with Crippen LogP contribution in [0, 0.1) is 6.92 Å². The summed E-state index contributed by atoms with van der Waals surface area (Å²) in [5.74, 6) is 1.67. The van der Waals surface area contributed by atoms with E-state index in [1.165, 1.54) is 5.56 Å². The normalized spacial score (nSPS) is 16.2. The molecule has 1 fully saturated rings. The van der Waals surface area contributed by atoms with Gasteiger partial charge in [0.15, 0.2) is 0 Å². The number of anilines is 1. The van der Waals surface area contributed by atoms with Crippen LogP contribution in [0.5, 0.6) is 0 Å². The molecule has 1 aliphatic heterocycles. The van der Waals surface area contributed by atoms with Gasteiger partial charge in [-0.3, -0.25) is 0 Å². The highest BCUT2D eigenvalue weighted by Crippen LogP contribution is 2.36. The summed E-state index contributed by atoms with van der Waals surface area (Å²) in [6.07, 6.45) is 1.72. The molecule has 1 N–H and O–H groups in total. The van der Waals surface area contributed by atoms with Gasteiger partial charge in [0.1, 0.15) is 6.04 Å². The second-order valence-corrected chi connectivity index (χ2v) is 9.22. The van der Waals surface area contributed by atoms with Gasteiger partial charge in [-0.25, -0.2) is 4.79 Å². The monoisotopic (exact) mass is 432 g/mol. The van der Waals surface area contributed by atoms with Crippen molar-refractivity contribution in [3.63, 3.8) is 0 Å². The largest absolute Gasteiger partial charge is 0.337 e. The number of hydrogen-bond acceptors (Lipinski definition) is 4. The predicted octanol–water partition coefficient (Wildman–Crippen LogP) is 6.66. The number of para-hydroxylation sites is 1. The summed E-state index contributed by atoms with van der Waals surface area (Å²) in [5, 5.41) is 7.39. The average Bonchev–Trinajstić information content (AvgIpc) is 3.43. The average molecular weight is 433 g/mol. The van der Waals surface area contributed by atoms with E-state index in [1.54, 1.807) is 0 Å². The number of benzene rings is 2.